The summed E-state index contributed by atoms with van der Waals surface area (Å²) >= 11 is 0. The van der Waals surface area contributed by atoms with Gasteiger partial charge in [0, 0.05) is 20.1 Å². The molecule has 0 saturated heterocycles. The molecule has 0 amide bonds. The first kappa shape index (κ1) is 22.8. The molecular weight excluding hydrogens is 464 g/mol. The van der Waals surface area contributed by atoms with Crippen LogP contribution in [0.2, 0.25) is 0 Å². The van der Waals surface area contributed by atoms with Crippen LogP contribution in [0.5, 0.6) is 17.2 Å². The Morgan fingerprint density at radius 2 is 1.37 bits per heavy atom. The number of halogens is 2. The summed E-state index contributed by atoms with van der Waals surface area (Å²) in [6.07, 6.45) is 0. The van der Waals surface area contributed by atoms with Crippen molar-refractivity contribution in [3.8, 4) is 17.2 Å². The summed E-state index contributed by atoms with van der Waals surface area (Å²) in [4.78, 5) is 4.17. The number of rotatable bonds is 7. The van der Waals surface area contributed by atoms with Crippen LogP contribution in [0.4, 0.5) is 4.39 Å². The lowest BCUT2D eigenvalue weighted by molar-refractivity contribution is 0.354. The zero-order valence-electron chi connectivity index (χ0n) is 15.8. The standard InChI is InChI=1S/C19H24FN3O3.HI/c1-21-19(22-11-13-5-7-16(24-2)15(20)9-13)23-12-14-6-8-17(25-3)18(10-14)26-4;/h5-10H,11-12H2,1-4H3,(H2,21,22,23);1H. The molecular formula is C19H25FIN3O3. The molecule has 0 heterocycles. The Morgan fingerprint density at radius 3 is 1.85 bits per heavy atom. The Labute approximate surface area is 176 Å². The lowest BCUT2D eigenvalue weighted by Gasteiger charge is -2.14. The fourth-order valence-corrected chi connectivity index (χ4v) is 2.40. The molecule has 2 N–H and O–H groups in total. The molecule has 6 nitrogen and oxygen atoms in total. The van der Waals surface area contributed by atoms with Crippen molar-refractivity contribution in [2.24, 2.45) is 4.99 Å². The van der Waals surface area contributed by atoms with Gasteiger partial charge in [0.2, 0.25) is 0 Å². The van der Waals surface area contributed by atoms with Gasteiger partial charge < -0.3 is 24.8 Å². The van der Waals surface area contributed by atoms with Crippen molar-refractivity contribution < 1.29 is 18.6 Å². The quantitative estimate of drug-likeness (QED) is 0.355. The second-order valence-electron chi connectivity index (χ2n) is 5.44. The first-order valence-electron chi connectivity index (χ1n) is 8.09. The van der Waals surface area contributed by atoms with E-state index in [9.17, 15) is 4.39 Å². The van der Waals surface area contributed by atoms with Gasteiger partial charge in [-0.15, -0.1) is 24.0 Å². The van der Waals surface area contributed by atoms with Gasteiger partial charge in [-0.3, -0.25) is 4.99 Å². The number of hydrogen-bond donors (Lipinski definition) is 2. The van der Waals surface area contributed by atoms with E-state index < -0.39 is 0 Å². The number of guanidine groups is 1. The van der Waals surface area contributed by atoms with Gasteiger partial charge in [-0.25, -0.2) is 4.39 Å². The molecule has 0 bridgehead atoms. The lowest BCUT2D eigenvalue weighted by Crippen LogP contribution is -2.36. The van der Waals surface area contributed by atoms with E-state index in [4.69, 9.17) is 14.2 Å². The van der Waals surface area contributed by atoms with Crippen molar-refractivity contribution in [3.63, 3.8) is 0 Å². The average Bonchev–Trinajstić information content (AvgIpc) is 2.68. The normalized spacial score (nSPS) is 10.6. The van der Waals surface area contributed by atoms with E-state index in [1.54, 1.807) is 33.4 Å². The summed E-state index contributed by atoms with van der Waals surface area (Å²) in [5, 5.41) is 6.35. The highest BCUT2D eigenvalue weighted by molar-refractivity contribution is 14.0. The minimum atomic E-state index is -0.389. The Bertz CT molecular complexity index is 772. The Hall–Kier alpha value is -2.23. The summed E-state index contributed by atoms with van der Waals surface area (Å²) in [6, 6.07) is 10.5. The first-order chi connectivity index (χ1) is 12.6. The molecule has 2 rings (SSSR count). The molecule has 0 spiro atoms. The summed E-state index contributed by atoms with van der Waals surface area (Å²) in [5.74, 6) is 1.80. The molecule has 0 radical (unpaired) electrons. The van der Waals surface area contributed by atoms with Gasteiger partial charge in [-0.1, -0.05) is 12.1 Å². The molecule has 0 aliphatic heterocycles. The topological polar surface area (TPSA) is 64.1 Å². The molecule has 148 valence electrons. The molecule has 27 heavy (non-hydrogen) atoms. The van der Waals surface area contributed by atoms with Crippen LogP contribution in [0.15, 0.2) is 41.4 Å². The largest absolute Gasteiger partial charge is 0.494 e. The maximum absolute atomic E-state index is 13.7. The van der Waals surface area contributed by atoms with Crippen molar-refractivity contribution in [2.45, 2.75) is 13.1 Å². The third kappa shape index (κ3) is 6.46. The van der Waals surface area contributed by atoms with E-state index in [0.29, 0.717) is 30.5 Å². The molecule has 0 aromatic heterocycles. The third-order valence-corrected chi connectivity index (χ3v) is 3.81. The molecule has 0 atom stereocenters. The molecule has 0 aliphatic rings. The fraction of sp³-hybridized carbons (Fsp3) is 0.316. The minimum absolute atomic E-state index is 0. The van der Waals surface area contributed by atoms with Crippen LogP contribution in [0.1, 0.15) is 11.1 Å². The first-order valence-corrected chi connectivity index (χ1v) is 8.09. The van der Waals surface area contributed by atoms with E-state index in [1.165, 1.54) is 13.2 Å². The van der Waals surface area contributed by atoms with Gasteiger partial charge >= 0.3 is 0 Å². The predicted molar refractivity (Wildman–Crippen MR) is 115 cm³/mol. The maximum atomic E-state index is 13.7. The zero-order chi connectivity index (χ0) is 18.9. The second-order valence-corrected chi connectivity index (χ2v) is 5.44. The van der Waals surface area contributed by atoms with Crippen molar-refractivity contribution in [3.05, 3.63) is 53.3 Å². The van der Waals surface area contributed by atoms with Crippen LogP contribution in [0, 0.1) is 5.82 Å². The Morgan fingerprint density at radius 1 is 0.852 bits per heavy atom. The fourth-order valence-electron chi connectivity index (χ4n) is 2.40. The number of hydrogen-bond acceptors (Lipinski definition) is 4. The van der Waals surface area contributed by atoms with Crippen LogP contribution in [0.3, 0.4) is 0 Å². The van der Waals surface area contributed by atoms with Crippen LogP contribution in [-0.4, -0.2) is 34.3 Å². The van der Waals surface area contributed by atoms with Gasteiger partial charge in [-0.2, -0.15) is 0 Å². The van der Waals surface area contributed by atoms with Gasteiger partial charge in [0.05, 0.1) is 21.3 Å². The summed E-state index contributed by atoms with van der Waals surface area (Å²) in [7, 11) is 6.32. The van der Waals surface area contributed by atoms with E-state index in [1.807, 2.05) is 18.2 Å². The van der Waals surface area contributed by atoms with Crippen LogP contribution in [-0.2, 0) is 13.1 Å². The number of aliphatic imine (C=N–C) groups is 1. The number of nitrogens with one attached hydrogen (secondary N) is 2. The highest BCUT2D eigenvalue weighted by atomic mass is 127. The molecule has 8 heteroatoms. The monoisotopic (exact) mass is 489 g/mol. The summed E-state index contributed by atoms with van der Waals surface area (Å²) in [5.41, 5.74) is 1.80. The number of nitrogens with zero attached hydrogens (tertiary/aromatic N) is 1. The van der Waals surface area contributed by atoms with Crippen LogP contribution >= 0.6 is 24.0 Å². The second kappa shape index (κ2) is 11.5. The number of benzene rings is 2. The van der Waals surface area contributed by atoms with E-state index in [0.717, 1.165) is 11.1 Å². The molecule has 2 aromatic carbocycles. The van der Waals surface area contributed by atoms with Gasteiger partial charge in [0.15, 0.2) is 29.0 Å². The summed E-state index contributed by atoms with van der Waals surface area (Å²) < 4.78 is 29.2. The molecule has 0 saturated carbocycles. The number of methoxy groups -OCH3 is 3. The van der Waals surface area contributed by atoms with Gasteiger partial charge in [0.1, 0.15) is 0 Å². The molecule has 0 aliphatic carbocycles. The zero-order valence-corrected chi connectivity index (χ0v) is 18.2. The lowest BCUT2D eigenvalue weighted by atomic mass is 10.2. The Balaban J connectivity index is 0.00000364. The van der Waals surface area contributed by atoms with Gasteiger partial charge in [0.25, 0.3) is 0 Å². The Kier molecular flexibility index (Phi) is 9.70. The molecule has 0 fully saturated rings. The molecule has 2 aromatic rings. The van der Waals surface area contributed by atoms with E-state index in [2.05, 4.69) is 15.6 Å². The SMILES string of the molecule is CN=C(NCc1ccc(OC)c(F)c1)NCc1ccc(OC)c(OC)c1.I. The van der Waals surface area contributed by atoms with Crippen molar-refractivity contribution in [2.75, 3.05) is 28.4 Å². The van der Waals surface area contributed by atoms with Crippen molar-refractivity contribution >= 4 is 29.9 Å². The van der Waals surface area contributed by atoms with E-state index in [-0.39, 0.29) is 35.5 Å². The minimum Gasteiger partial charge on any atom is -0.494 e. The van der Waals surface area contributed by atoms with Crippen LogP contribution in [0.25, 0.3) is 0 Å². The highest BCUT2D eigenvalue weighted by Gasteiger charge is 2.07. The highest BCUT2D eigenvalue weighted by Crippen LogP contribution is 2.27. The van der Waals surface area contributed by atoms with E-state index >= 15 is 0 Å². The third-order valence-electron chi connectivity index (χ3n) is 3.81. The summed E-state index contributed by atoms with van der Waals surface area (Å²) in [6.45, 7) is 0.990. The molecule has 0 unspecified atom stereocenters. The van der Waals surface area contributed by atoms with Crippen molar-refractivity contribution in [1.82, 2.24) is 10.6 Å². The van der Waals surface area contributed by atoms with Crippen molar-refractivity contribution in [1.29, 1.82) is 0 Å². The number of ether oxygens (including phenoxy) is 3. The van der Waals surface area contributed by atoms with Gasteiger partial charge in [-0.05, 0) is 35.4 Å². The average molecular weight is 489 g/mol. The smallest absolute Gasteiger partial charge is 0.191 e. The van der Waals surface area contributed by atoms with Crippen LogP contribution < -0.4 is 24.8 Å². The predicted octanol–water partition coefficient (Wildman–Crippen LogP) is 3.33. The maximum Gasteiger partial charge on any atom is 0.191 e.